The Labute approximate surface area is 149 Å². The van der Waals surface area contributed by atoms with Crippen LogP contribution < -0.4 is 10.2 Å². The maximum atomic E-state index is 14.4. The van der Waals surface area contributed by atoms with Gasteiger partial charge in [0.05, 0.1) is 11.8 Å². The lowest BCUT2D eigenvalue weighted by Gasteiger charge is -2.31. The molecule has 1 aliphatic heterocycles. The lowest BCUT2D eigenvalue weighted by Crippen LogP contribution is -2.36. The number of halogens is 1. The molecule has 4 nitrogen and oxygen atoms in total. The molecule has 0 atom stereocenters. The number of amides is 1. The Kier molecular flexibility index (Phi) is 5.94. The number of nitrogens with zero attached hydrogens (tertiary/aromatic N) is 1. The van der Waals surface area contributed by atoms with Gasteiger partial charge in [0, 0.05) is 25.6 Å². The Morgan fingerprint density at radius 1 is 1.20 bits per heavy atom. The molecule has 1 saturated carbocycles. The first kappa shape index (κ1) is 18.2. The van der Waals surface area contributed by atoms with Gasteiger partial charge in [-0.3, -0.25) is 4.79 Å². The van der Waals surface area contributed by atoms with E-state index in [1.807, 2.05) is 11.0 Å². The van der Waals surface area contributed by atoms with E-state index in [1.54, 1.807) is 6.07 Å². The number of aliphatic hydroxyl groups is 1. The van der Waals surface area contributed by atoms with Crippen molar-refractivity contribution in [2.45, 2.75) is 58.1 Å². The summed E-state index contributed by atoms with van der Waals surface area (Å²) < 4.78 is 14.4. The van der Waals surface area contributed by atoms with Crippen molar-refractivity contribution >= 4 is 11.6 Å². The summed E-state index contributed by atoms with van der Waals surface area (Å²) in [6.07, 6.45) is 5.24. The van der Waals surface area contributed by atoms with E-state index in [1.165, 1.54) is 6.07 Å². The van der Waals surface area contributed by atoms with E-state index in [9.17, 15) is 14.3 Å². The Morgan fingerprint density at radius 2 is 1.88 bits per heavy atom. The highest BCUT2D eigenvalue weighted by molar-refractivity contribution is 5.78. The van der Waals surface area contributed by atoms with Crippen LogP contribution in [-0.2, 0) is 11.3 Å². The molecule has 2 N–H and O–H groups in total. The fraction of sp³-hybridized carbons (Fsp3) is 0.650. The average molecular weight is 348 g/mol. The number of nitrogens with one attached hydrogen (secondary N) is 1. The van der Waals surface area contributed by atoms with Crippen molar-refractivity contribution in [2.75, 3.05) is 18.0 Å². The van der Waals surface area contributed by atoms with Crippen LogP contribution in [0.15, 0.2) is 18.2 Å². The monoisotopic (exact) mass is 348 g/mol. The normalized spacial score (nSPS) is 25.0. The number of carbonyl (C=O) groups excluding carboxylic acids is 1. The fourth-order valence-corrected chi connectivity index (χ4v) is 3.88. The first-order valence-electron chi connectivity index (χ1n) is 9.52. The largest absolute Gasteiger partial charge is 0.393 e. The minimum Gasteiger partial charge on any atom is -0.393 e. The standard InChI is InChI=1S/C20H29FN2O2/c1-14-2-5-16(6-3-14)20(25)22-13-15-4-7-19(18(21)12-15)23-10-8-17(24)9-11-23/h4,7,12,14,16-17,24H,2-3,5-6,8-11,13H2,1H3,(H,22,25). The zero-order valence-corrected chi connectivity index (χ0v) is 15.0. The molecule has 1 heterocycles. The molecule has 0 bridgehead atoms. The van der Waals surface area contributed by atoms with Crippen molar-refractivity contribution in [2.24, 2.45) is 11.8 Å². The molecule has 3 rings (SSSR count). The predicted octanol–water partition coefficient (Wildman–Crippen LogP) is 3.23. The minimum absolute atomic E-state index is 0.0985. The van der Waals surface area contributed by atoms with Gasteiger partial charge in [-0.05, 0) is 62.1 Å². The summed E-state index contributed by atoms with van der Waals surface area (Å²) in [6.45, 7) is 3.96. The average Bonchev–Trinajstić information content (AvgIpc) is 2.61. The molecular formula is C20H29FN2O2. The van der Waals surface area contributed by atoms with E-state index in [2.05, 4.69) is 12.2 Å². The van der Waals surface area contributed by atoms with Gasteiger partial charge in [-0.25, -0.2) is 4.39 Å². The van der Waals surface area contributed by atoms with Crippen molar-refractivity contribution in [3.05, 3.63) is 29.6 Å². The number of benzene rings is 1. The highest BCUT2D eigenvalue weighted by atomic mass is 19.1. The van der Waals surface area contributed by atoms with E-state index >= 15 is 0 Å². The molecule has 1 aromatic rings. The summed E-state index contributed by atoms with van der Waals surface area (Å²) >= 11 is 0. The van der Waals surface area contributed by atoms with Crippen LogP contribution in [-0.4, -0.2) is 30.2 Å². The van der Waals surface area contributed by atoms with E-state index in [4.69, 9.17) is 0 Å². The summed E-state index contributed by atoms with van der Waals surface area (Å²) in [6, 6.07) is 5.19. The van der Waals surface area contributed by atoms with Gasteiger partial charge in [-0.2, -0.15) is 0 Å². The quantitative estimate of drug-likeness (QED) is 0.878. The molecule has 2 fully saturated rings. The molecule has 1 amide bonds. The van der Waals surface area contributed by atoms with Gasteiger partial charge in [0.2, 0.25) is 5.91 Å². The van der Waals surface area contributed by atoms with Gasteiger partial charge in [0.1, 0.15) is 5.82 Å². The molecule has 25 heavy (non-hydrogen) atoms. The second-order valence-corrected chi connectivity index (χ2v) is 7.68. The molecule has 138 valence electrons. The first-order valence-corrected chi connectivity index (χ1v) is 9.52. The number of piperidine rings is 1. The van der Waals surface area contributed by atoms with Crippen molar-refractivity contribution in [1.82, 2.24) is 5.32 Å². The lowest BCUT2D eigenvalue weighted by molar-refractivity contribution is -0.126. The van der Waals surface area contributed by atoms with Gasteiger partial charge >= 0.3 is 0 Å². The molecular weight excluding hydrogens is 319 g/mol. The van der Waals surface area contributed by atoms with Crippen molar-refractivity contribution in [1.29, 1.82) is 0 Å². The fourth-order valence-electron chi connectivity index (χ4n) is 3.88. The van der Waals surface area contributed by atoms with Gasteiger partial charge < -0.3 is 15.3 Å². The second-order valence-electron chi connectivity index (χ2n) is 7.68. The Morgan fingerprint density at radius 3 is 2.52 bits per heavy atom. The van der Waals surface area contributed by atoms with Crippen LogP contribution >= 0.6 is 0 Å². The molecule has 1 aliphatic carbocycles. The zero-order chi connectivity index (χ0) is 17.8. The summed E-state index contributed by atoms with van der Waals surface area (Å²) in [5.74, 6) is 0.678. The first-order chi connectivity index (χ1) is 12.0. The molecule has 0 aromatic heterocycles. The number of hydrogen-bond donors (Lipinski definition) is 2. The summed E-state index contributed by atoms with van der Waals surface area (Å²) in [7, 11) is 0. The highest BCUT2D eigenvalue weighted by Crippen LogP contribution is 2.28. The van der Waals surface area contributed by atoms with E-state index < -0.39 is 0 Å². The number of rotatable bonds is 4. The van der Waals surface area contributed by atoms with E-state index in [0.717, 1.165) is 37.2 Å². The van der Waals surface area contributed by atoms with E-state index in [0.29, 0.717) is 38.2 Å². The van der Waals surface area contributed by atoms with Gasteiger partial charge in [-0.15, -0.1) is 0 Å². The van der Waals surface area contributed by atoms with Gasteiger partial charge in [0.25, 0.3) is 0 Å². The third-order valence-corrected chi connectivity index (χ3v) is 5.67. The summed E-state index contributed by atoms with van der Waals surface area (Å²) in [5, 5.41) is 12.5. The van der Waals surface area contributed by atoms with Gasteiger partial charge in [-0.1, -0.05) is 13.0 Å². The number of anilines is 1. The number of hydrogen-bond acceptors (Lipinski definition) is 3. The van der Waals surface area contributed by atoms with Crippen molar-refractivity contribution in [3.8, 4) is 0 Å². The van der Waals surface area contributed by atoms with Crippen LogP contribution in [0.5, 0.6) is 0 Å². The molecule has 0 radical (unpaired) electrons. The SMILES string of the molecule is CC1CCC(C(=O)NCc2ccc(N3CCC(O)CC3)c(F)c2)CC1. The molecule has 0 unspecified atom stereocenters. The van der Waals surface area contributed by atoms with Crippen LogP contribution in [0.25, 0.3) is 0 Å². The third-order valence-electron chi connectivity index (χ3n) is 5.67. The number of carbonyl (C=O) groups is 1. The molecule has 5 heteroatoms. The molecule has 2 aliphatic rings. The molecule has 1 saturated heterocycles. The molecule has 1 aromatic carbocycles. The maximum absolute atomic E-state index is 14.4. The highest BCUT2D eigenvalue weighted by Gasteiger charge is 2.24. The van der Waals surface area contributed by atoms with E-state index in [-0.39, 0.29) is 23.7 Å². The smallest absolute Gasteiger partial charge is 0.223 e. The van der Waals surface area contributed by atoms with Crippen molar-refractivity contribution < 1.29 is 14.3 Å². The Bertz CT molecular complexity index is 591. The third kappa shape index (κ3) is 4.72. The minimum atomic E-state index is -0.267. The summed E-state index contributed by atoms with van der Waals surface area (Å²) in [4.78, 5) is 14.3. The predicted molar refractivity (Wildman–Crippen MR) is 96.8 cm³/mol. The van der Waals surface area contributed by atoms with Crippen LogP contribution in [0.4, 0.5) is 10.1 Å². The van der Waals surface area contributed by atoms with Crippen LogP contribution in [0.3, 0.4) is 0 Å². The van der Waals surface area contributed by atoms with Crippen LogP contribution in [0, 0.1) is 17.7 Å². The summed E-state index contributed by atoms with van der Waals surface area (Å²) in [5.41, 5.74) is 1.37. The maximum Gasteiger partial charge on any atom is 0.223 e. The Hall–Kier alpha value is -1.62. The molecule has 0 spiro atoms. The number of aliphatic hydroxyl groups excluding tert-OH is 1. The topological polar surface area (TPSA) is 52.6 Å². The lowest BCUT2D eigenvalue weighted by atomic mass is 9.82. The Balaban J connectivity index is 1.53. The van der Waals surface area contributed by atoms with Crippen molar-refractivity contribution in [3.63, 3.8) is 0 Å². The van der Waals surface area contributed by atoms with Crippen LogP contribution in [0.1, 0.15) is 51.0 Å². The van der Waals surface area contributed by atoms with Crippen LogP contribution in [0.2, 0.25) is 0 Å². The zero-order valence-electron chi connectivity index (χ0n) is 15.0. The van der Waals surface area contributed by atoms with Gasteiger partial charge in [0.15, 0.2) is 0 Å². The second kappa shape index (κ2) is 8.17.